The monoisotopic (exact) mass is 343 g/mol. The minimum absolute atomic E-state index is 0.0969. The van der Waals surface area contributed by atoms with Crippen molar-refractivity contribution in [2.24, 2.45) is 5.41 Å². The zero-order valence-electron chi connectivity index (χ0n) is 12.9. The van der Waals surface area contributed by atoms with Crippen LogP contribution < -0.4 is 4.72 Å². The molecule has 2 rings (SSSR count). The Hall–Kier alpha value is -1.48. The van der Waals surface area contributed by atoms with E-state index in [0.29, 0.717) is 19.8 Å². The minimum atomic E-state index is -3.78. The van der Waals surface area contributed by atoms with Crippen LogP contribution in [0.15, 0.2) is 29.2 Å². The first-order valence-electron chi connectivity index (χ1n) is 7.28. The molecule has 0 aromatic heterocycles. The maximum absolute atomic E-state index is 12.4. The van der Waals surface area contributed by atoms with Gasteiger partial charge in [0.2, 0.25) is 10.0 Å². The average molecular weight is 343 g/mol. The summed E-state index contributed by atoms with van der Waals surface area (Å²) < 4.78 is 37.4. The van der Waals surface area contributed by atoms with Crippen molar-refractivity contribution in [3.63, 3.8) is 0 Å². The molecule has 128 valence electrons. The number of hydrogen-bond donors (Lipinski definition) is 2. The van der Waals surface area contributed by atoms with E-state index in [4.69, 9.17) is 9.47 Å². The van der Waals surface area contributed by atoms with E-state index in [9.17, 15) is 18.3 Å². The number of carboxylic acids is 1. The number of nitrogens with one attached hydrogen (secondary N) is 1. The van der Waals surface area contributed by atoms with Gasteiger partial charge in [-0.2, -0.15) is 0 Å². The summed E-state index contributed by atoms with van der Waals surface area (Å²) in [6.45, 7) is 0.789. The zero-order chi connectivity index (χ0) is 16.9. The smallest absolute Gasteiger partial charge is 0.311 e. The van der Waals surface area contributed by atoms with E-state index in [1.807, 2.05) is 0 Å². The van der Waals surface area contributed by atoms with Crippen molar-refractivity contribution in [3.05, 3.63) is 29.8 Å². The van der Waals surface area contributed by atoms with E-state index in [-0.39, 0.29) is 24.3 Å². The molecule has 1 fully saturated rings. The predicted octanol–water partition coefficient (Wildman–Crippen LogP) is 0.993. The van der Waals surface area contributed by atoms with Crippen LogP contribution in [0.5, 0.6) is 0 Å². The zero-order valence-corrected chi connectivity index (χ0v) is 13.8. The number of sulfonamides is 1. The third-order valence-corrected chi connectivity index (χ3v) is 5.42. The van der Waals surface area contributed by atoms with E-state index < -0.39 is 21.4 Å². The number of benzene rings is 1. The first-order chi connectivity index (χ1) is 10.9. The topological polar surface area (TPSA) is 102 Å². The molecular formula is C15H21NO6S. The van der Waals surface area contributed by atoms with Gasteiger partial charge >= 0.3 is 5.97 Å². The second-order valence-electron chi connectivity index (χ2n) is 5.60. The first kappa shape index (κ1) is 17.9. The number of rotatable bonds is 7. The Bertz CT molecular complexity index is 652. The van der Waals surface area contributed by atoms with Crippen molar-refractivity contribution in [1.29, 1.82) is 0 Å². The second-order valence-corrected chi connectivity index (χ2v) is 7.37. The number of hydrogen-bond acceptors (Lipinski definition) is 5. The summed E-state index contributed by atoms with van der Waals surface area (Å²) in [5.41, 5.74) is -0.385. The van der Waals surface area contributed by atoms with Gasteiger partial charge in [-0.3, -0.25) is 4.79 Å². The molecule has 0 unspecified atom stereocenters. The Morgan fingerprint density at radius 1 is 1.39 bits per heavy atom. The molecule has 0 saturated carbocycles. The highest BCUT2D eigenvalue weighted by atomic mass is 32.2. The summed E-state index contributed by atoms with van der Waals surface area (Å²) in [4.78, 5) is 11.7. The fraction of sp³-hybridized carbons (Fsp3) is 0.533. The van der Waals surface area contributed by atoms with Crippen LogP contribution >= 0.6 is 0 Å². The Labute approximate surface area is 135 Å². The van der Waals surface area contributed by atoms with Crippen molar-refractivity contribution in [3.8, 4) is 0 Å². The standard InChI is InChI=1S/C15H21NO6S/c1-21-10-12-3-2-4-13(9-12)23(19,20)16-11-15(14(17)18)5-7-22-8-6-15/h2-4,9,16H,5-8,10-11H2,1H3,(H,17,18). The van der Waals surface area contributed by atoms with Gasteiger partial charge in [0.15, 0.2) is 0 Å². The van der Waals surface area contributed by atoms with Gasteiger partial charge in [0.25, 0.3) is 0 Å². The number of carbonyl (C=O) groups is 1. The molecule has 0 radical (unpaired) electrons. The largest absolute Gasteiger partial charge is 0.481 e. The first-order valence-corrected chi connectivity index (χ1v) is 8.77. The summed E-state index contributed by atoms with van der Waals surface area (Å²) in [6, 6.07) is 6.38. The molecule has 0 atom stereocenters. The van der Waals surface area contributed by atoms with Crippen LogP contribution in [0.25, 0.3) is 0 Å². The lowest BCUT2D eigenvalue weighted by Crippen LogP contribution is -2.46. The lowest BCUT2D eigenvalue weighted by atomic mass is 9.80. The van der Waals surface area contributed by atoms with Crippen molar-refractivity contribution in [2.75, 3.05) is 26.9 Å². The van der Waals surface area contributed by atoms with Crippen LogP contribution in [0.2, 0.25) is 0 Å². The molecule has 23 heavy (non-hydrogen) atoms. The molecule has 8 heteroatoms. The molecule has 1 aromatic carbocycles. The SMILES string of the molecule is COCc1cccc(S(=O)(=O)NCC2(C(=O)O)CCOCC2)c1. The molecule has 1 saturated heterocycles. The summed E-state index contributed by atoms with van der Waals surface area (Å²) in [5.74, 6) is -1.00. The second kappa shape index (κ2) is 7.39. The van der Waals surface area contributed by atoms with Crippen LogP contribution in [0.3, 0.4) is 0 Å². The summed E-state index contributed by atoms with van der Waals surface area (Å²) in [6.07, 6.45) is 0.573. The van der Waals surface area contributed by atoms with Crippen molar-refractivity contribution in [2.45, 2.75) is 24.3 Å². The van der Waals surface area contributed by atoms with Crippen LogP contribution in [0.4, 0.5) is 0 Å². The van der Waals surface area contributed by atoms with Crippen molar-refractivity contribution >= 4 is 16.0 Å². The van der Waals surface area contributed by atoms with Crippen LogP contribution in [0.1, 0.15) is 18.4 Å². The summed E-state index contributed by atoms with van der Waals surface area (Å²) in [7, 11) is -2.25. The highest BCUT2D eigenvalue weighted by Crippen LogP contribution is 2.30. The molecule has 1 heterocycles. The Morgan fingerprint density at radius 2 is 2.09 bits per heavy atom. The highest BCUT2D eigenvalue weighted by Gasteiger charge is 2.41. The Morgan fingerprint density at radius 3 is 2.70 bits per heavy atom. The molecule has 0 spiro atoms. The van der Waals surface area contributed by atoms with Gasteiger partial charge < -0.3 is 14.6 Å². The van der Waals surface area contributed by atoms with Gasteiger partial charge in [0.05, 0.1) is 16.9 Å². The van der Waals surface area contributed by atoms with Crippen molar-refractivity contribution < 1.29 is 27.8 Å². The highest BCUT2D eigenvalue weighted by molar-refractivity contribution is 7.89. The molecule has 7 nitrogen and oxygen atoms in total. The van der Waals surface area contributed by atoms with E-state index in [0.717, 1.165) is 5.56 Å². The third kappa shape index (κ3) is 4.29. The van der Waals surface area contributed by atoms with E-state index in [2.05, 4.69) is 4.72 Å². The number of carboxylic acid groups (broad SMARTS) is 1. The number of methoxy groups -OCH3 is 1. The molecule has 1 aliphatic heterocycles. The fourth-order valence-electron chi connectivity index (χ4n) is 2.51. The Balaban J connectivity index is 2.14. The average Bonchev–Trinajstić information content (AvgIpc) is 2.54. The van der Waals surface area contributed by atoms with Gasteiger partial charge in [-0.15, -0.1) is 0 Å². The Kier molecular flexibility index (Phi) is 5.74. The molecule has 2 N–H and O–H groups in total. The van der Waals surface area contributed by atoms with Crippen LogP contribution in [0, 0.1) is 5.41 Å². The predicted molar refractivity (Wildman–Crippen MR) is 82.5 cm³/mol. The van der Waals surface area contributed by atoms with Crippen molar-refractivity contribution in [1.82, 2.24) is 4.72 Å². The van der Waals surface area contributed by atoms with E-state index in [1.54, 1.807) is 12.1 Å². The van der Waals surface area contributed by atoms with Gasteiger partial charge in [0.1, 0.15) is 0 Å². The quantitative estimate of drug-likeness (QED) is 0.765. The third-order valence-electron chi connectivity index (χ3n) is 4.02. The maximum Gasteiger partial charge on any atom is 0.311 e. The van der Waals surface area contributed by atoms with Gasteiger partial charge in [-0.05, 0) is 30.5 Å². The summed E-state index contributed by atoms with van der Waals surface area (Å²) in [5, 5.41) is 9.46. The lowest BCUT2D eigenvalue weighted by Gasteiger charge is -2.33. The molecule has 0 bridgehead atoms. The van der Waals surface area contributed by atoms with Crippen LogP contribution in [-0.2, 0) is 30.9 Å². The lowest BCUT2D eigenvalue weighted by molar-refractivity contribution is -0.154. The molecular weight excluding hydrogens is 322 g/mol. The molecule has 1 aromatic rings. The van der Waals surface area contributed by atoms with Gasteiger partial charge in [0, 0.05) is 26.9 Å². The fourth-order valence-corrected chi connectivity index (χ4v) is 3.71. The van der Waals surface area contributed by atoms with Gasteiger partial charge in [-0.1, -0.05) is 12.1 Å². The molecule has 1 aliphatic rings. The minimum Gasteiger partial charge on any atom is -0.481 e. The maximum atomic E-state index is 12.4. The normalized spacial score (nSPS) is 17.8. The molecule has 0 amide bonds. The van der Waals surface area contributed by atoms with Crippen LogP contribution in [-0.4, -0.2) is 46.4 Å². The van der Waals surface area contributed by atoms with Gasteiger partial charge in [-0.25, -0.2) is 13.1 Å². The van der Waals surface area contributed by atoms with E-state index in [1.165, 1.54) is 19.2 Å². The molecule has 0 aliphatic carbocycles. The number of aliphatic carboxylic acids is 1. The van der Waals surface area contributed by atoms with E-state index >= 15 is 0 Å². The number of ether oxygens (including phenoxy) is 2. The summed E-state index contributed by atoms with van der Waals surface area (Å²) >= 11 is 0.